The summed E-state index contributed by atoms with van der Waals surface area (Å²) in [5.74, 6) is 0.957. The number of unbranched alkanes of at least 4 members (excludes halogenated alkanes) is 43. The number of rotatable bonds is 78. The minimum absolute atomic E-state index is 0.103. The van der Waals surface area contributed by atoms with Gasteiger partial charge in [-0.25, -0.2) is 9.13 Å². The van der Waals surface area contributed by atoms with E-state index in [1.807, 2.05) is 0 Å². The predicted molar refractivity (Wildman–Crippen MR) is 409 cm³/mol. The zero-order valence-electron chi connectivity index (χ0n) is 65.8. The summed E-state index contributed by atoms with van der Waals surface area (Å²) in [4.78, 5) is 73.0. The Balaban J connectivity index is 5.21. The van der Waals surface area contributed by atoms with Crippen molar-refractivity contribution in [3.63, 3.8) is 0 Å². The van der Waals surface area contributed by atoms with Crippen molar-refractivity contribution in [2.75, 3.05) is 39.6 Å². The van der Waals surface area contributed by atoms with Crippen LogP contribution in [0.15, 0.2) is 0 Å². The van der Waals surface area contributed by atoms with Crippen molar-refractivity contribution in [1.29, 1.82) is 0 Å². The molecule has 6 atom stereocenters. The van der Waals surface area contributed by atoms with Gasteiger partial charge >= 0.3 is 39.5 Å². The third-order valence-electron chi connectivity index (χ3n) is 19.2. The molecule has 0 aromatic rings. The summed E-state index contributed by atoms with van der Waals surface area (Å²) in [6.45, 7) is 14.2. The molecule has 0 amide bonds. The monoisotopic (exact) mass is 1470 g/mol. The van der Waals surface area contributed by atoms with Crippen LogP contribution in [0, 0.1) is 23.7 Å². The van der Waals surface area contributed by atoms with Gasteiger partial charge in [-0.2, -0.15) is 0 Å². The van der Waals surface area contributed by atoms with Gasteiger partial charge in [-0.1, -0.05) is 364 Å². The van der Waals surface area contributed by atoms with E-state index in [1.54, 1.807) is 0 Å². The lowest BCUT2D eigenvalue weighted by atomic mass is 10.00. The molecule has 0 heterocycles. The predicted octanol–water partition coefficient (Wildman–Crippen LogP) is 24.0. The van der Waals surface area contributed by atoms with Crippen LogP contribution in [0.4, 0.5) is 0 Å². The molecule has 0 aromatic heterocycles. The zero-order valence-corrected chi connectivity index (χ0v) is 67.6. The molecule has 0 saturated heterocycles. The number of hydrogen-bond acceptors (Lipinski definition) is 15. The molecule has 0 aliphatic heterocycles. The Morgan fingerprint density at radius 1 is 0.280 bits per heavy atom. The van der Waals surface area contributed by atoms with Crippen LogP contribution < -0.4 is 0 Å². The summed E-state index contributed by atoms with van der Waals surface area (Å²) in [5.41, 5.74) is 0. The average Bonchev–Trinajstić information content (AvgIpc) is 0.922. The maximum atomic E-state index is 13.1. The lowest BCUT2D eigenvalue weighted by Gasteiger charge is -2.21. The van der Waals surface area contributed by atoms with E-state index >= 15 is 0 Å². The highest BCUT2D eigenvalue weighted by Gasteiger charge is 2.30. The molecule has 0 aliphatic carbocycles. The summed E-state index contributed by atoms with van der Waals surface area (Å²) >= 11 is 0. The van der Waals surface area contributed by atoms with Crippen molar-refractivity contribution in [1.82, 2.24) is 0 Å². The summed E-state index contributed by atoms with van der Waals surface area (Å²) in [7, 11) is -9.92. The molecule has 0 rings (SSSR count). The second kappa shape index (κ2) is 70.1. The Kier molecular flexibility index (Phi) is 68.7. The Morgan fingerprint density at radius 3 is 0.710 bits per heavy atom. The van der Waals surface area contributed by atoms with Crippen LogP contribution in [0.5, 0.6) is 0 Å². The third kappa shape index (κ3) is 73.0. The van der Waals surface area contributed by atoms with Crippen LogP contribution in [0.3, 0.4) is 0 Å². The normalized spacial score (nSPS) is 14.3. The van der Waals surface area contributed by atoms with Crippen LogP contribution in [0.2, 0.25) is 0 Å². The molecule has 0 aliphatic rings. The highest BCUT2D eigenvalue weighted by Crippen LogP contribution is 2.45. The van der Waals surface area contributed by atoms with Crippen molar-refractivity contribution in [3.05, 3.63) is 0 Å². The molecular formula is C81H158O17P2. The van der Waals surface area contributed by atoms with E-state index < -0.39 is 97.5 Å². The van der Waals surface area contributed by atoms with Crippen LogP contribution >= 0.6 is 15.6 Å². The highest BCUT2D eigenvalue weighted by atomic mass is 31.2. The largest absolute Gasteiger partial charge is 0.472 e. The van der Waals surface area contributed by atoms with Gasteiger partial charge in [0.25, 0.3) is 0 Å². The van der Waals surface area contributed by atoms with Crippen LogP contribution in [-0.4, -0.2) is 96.7 Å². The molecule has 19 heteroatoms. The van der Waals surface area contributed by atoms with Crippen LogP contribution in [0.25, 0.3) is 0 Å². The summed E-state index contributed by atoms with van der Waals surface area (Å²) in [5, 5.41) is 10.6. The lowest BCUT2D eigenvalue weighted by molar-refractivity contribution is -0.161. The highest BCUT2D eigenvalue weighted by molar-refractivity contribution is 7.47. The molecule has 594 valence electrons. The molecule has 3 unspecified atom stereocenters. The first kappa shape index (κ1) is 98.1. The molecular weight excluding hydrogens is 1310 g/mol. The van der Waals surface area contributed by atoms with Crippen molar-refractivity contribution in [3.8, 4) is 0 Å². The Labute approximate surface area is 613 Å². The van der Waals surface area contributed by atoms with Gasteiger partial charge in [-0.05, 0) is 49.4 Å². The van der Waals surface area contributed by atoms with Crippen molar-refractivity contribution >= 4 is 39.5 Å². The standard InChI is InChI=1S/C81H158O17P2/c1-9-74(8)60-52-44-39-40-46-54-62-79(84)92-68-77(98-81(86)64-56-48-38-32-31-35-43-51-59-73(6)7)70-96-100(89,90)94-66-75(82)65-93-99(87,88)95-69-76(97-80(85)63-55-47-37-30-26-22-18-14-16-20-24-28-34-42-50-58-72(4)5)67-91-78(83)61-53-45-36-29-25-21-17-13-11-10-12-15-19-23-27-33-41-49-57-71(2)3/h71-77,82H,9-70H2,1-8H3,(H,87,88)(H,89,90)/t74?,75-,76-,77-/m1/s1. The Bertz CT molecular complexity index is 1960. The molecule has 0 saturated carbocycles. The third-order valence-corrected chi connectivity index (χ3v) is 21.1. The van der Waals surface area contributed by atoms with Gasteiger partial charge in [0.1, 0.15) is 19.3 Å². The molecule has 0 bridgehead atoms. The fraction of sp³-hybridized carbons (Fsp3) is 0.951. The zero-order chi connectivity index (χ0) is 73.8. The molecule has 0 fully saturated rings. The van der Waals surface area contributed by atoms with Gasteiger partial charge < -0.3 is 33.8 Å². The molecule has 17 nitrogen and oxygen atoms in total. The van der Waals surface area contributed by atoms with E-state index in [4.69, 9.17) is 37.0 Å². The quantitative estimate of drug-likeness (QED) is 0.0222. The van der Waals surface area contributed by atoms with E-state index in [0.29, 0.717) is 25.7 Å². The number of esters is 4. The second-order valence-corrected chi connectivity index (χ2v) is 33.7. The maximum absolute atomic E-state index is 13.1. The smallest absolute Gasteiger partial charge is 0.462 e. The molecule has 0 spiro atoms. The van der Waals surface area contributed by atoms with E-state index in [9.17, 15) is 43.2 Å². The molecule has 0 radical (unpaired) electrons. The average molecular weight is 1470 g/mol. The summed E-state index contributed by atoms with van der Waals surface area (Å²) < 4.78 is 68.6. The first-order valence-electron chi connectivity index (χ1n) is 41.7. The van der Waals surface area contributed by atoms with Crippen LogP contribution in [-0.2, 0) is 65.4 Å². The number of hydrogen-bond donors (Lipinski definition) is 3. The van der Waals surface area contributed by atoms with E-state index in [0.717, 1.165) is 120 Å². The number of phosphoric acid groups is 2. The first-order chi connectivity index (χ1) is 48.1. The van der Waals surface area contributed by atoms with Gasteiger partial charge in [-0.3, -0.25) is 37.3 Å². The summed E-state index contributed by atoms with van der Waals surface area (Å²) in [6.07, 6.45) is 57.1. The van der Waals surface area contributed by atoms with E-state index in [-0.39, 0.29) is 25.7 Å². The van der Waals surface area contributed by atoms with E-state index in [2.05, 4.69) is 55.4 Å². The number of aliphatic hydroxyl groups is 1. The van der Waals surface area contributed by atoms with Gasteiger partial charge in [0.2, 0.25) is 0 Å². The fourth-order valence-electron chi connectivity index (χ4n) is 12.4. The van der Waals surface area contributed by atoms with Crippen LogP contribution in [0.1, 0.15) is 415 Å². The number of ether oxygens (including phenoxy) is 4. The Morgan fingerprint density at radius 2 is 0.480 bits per heavy atom. The van der Waals surface area contributed by atoms with E-state index in [1.165, 1.54) is 212 Å². The molecule has 3 N–H and O–H groups in total. The van der Waals surface area contributed by atoms with Crippen molar-refractivity contribution in [2.24, 2.45) is 23.7 Å². The number of phosphoric ester groups is 2. The maximum Gasteiger partial charge on any atom is 0.472 e. The number of aliphatic hydroxyl groups excluding tert-OH is 1. The van der Waals surface area contributed by atoms with Gasteiger partial charge in [0, 0.05) is 25.7 Å². The van der Waals surface area contributed by atoms with Gasteiger partial charge in [0.05, 0.1) is 26.4 Å². The van der Waals surface area contributed by atoms with Gasteiger partial charge in [0.15, 0.2) is 12.2 Å². The van der Waals surface area contributed by atoms with Crippen molar-refractivity contribution in [2.45, 2.75) is 433 Å². The second-order valence-electron chi connectivity index (χ2n) is 30.8. The minimum Gasteiger partial charge on any atom is -0.462 e. The topological polar surface area (TPSA) is 237 Å². The first-order valence-corrected chi connectivity index (χ1v) is 44.7. The summed E-state index contributed by atoms with van der Waals surface area (Å²) in [6, 6.07) is 0. The molecule has 0 aromatic carbocycles. The number of carbonyl (C=O) groups is 4. The number of carbonyl (C=O) groups excluding carboxylic acids is 4. The SMILES string of the molecule is CCC(C)CCCCCCCCC(=O)OC[C@H](COP(=O)(O)OC[C@H](O)COP(=O)(O)OC[C@@H](COC(=O)CCCCCCCCCCCCCCCCCCCCC(C)C)OC(=O)CCCCCCCCCCCCCCCCCC(C)C)OC(=O)CCCCCCCCCCC(C)C. The van der Waals surface area contributed by atoms with Gasteiger partial charge in [-0.15, -0.1) is 0 Å². The molecule has 100 heavy (non-hydrogen) atoms. The fourth-order valence-corrected chi connectivity index (χ4v) is 14.0. The minimum atomic E-state index is -4.96. The lowest BCUT2D eigenvalue weighted by Crippen LogP contribution is -2.30. The van der Waals surface area contributed by atoms with Crippen molar-refractivity contribution < 1.29 is 80.2 Å². The Hall–Kier alpha value is -1.94.